The summed E-state index contributed by atoms with van der Waals surface area (Å²) < 4.78 is 38.0. The van der Waals surface area contributed by atoms with Crippen molar-refractivity contribution in [3.05, 3.63) is 52.2 Å². The van der Waals surface area contributed by atoms with E-state index < -0.39 is 11.7 Å². The summed E-state index contributed by atoms with van der Waals surface area (Å²) in [5, 5.41) is 2.89. The molecule has 2 nitrogen and oxygen atoms in total. The predicted molar refractivity (Wildman–Crippen MR) is 66.4 cm³/mol. The predicted octanol–water partition coefficient (Wildman–Crippen LogP) is 3.34. The van der Waals surface area contributed by atoms with E-state index >= 15 is 0 Å². The molecule has 1 N–H and O–H groups in total. The summed E-state index contributed by atoms with van der Waals surface area (Å²) in [6.07, 6.45) is -2.26. The number of carbonyl (C=O) groups excluding carboxylic acids is 1. The summed E-state index contributed by atoms with van der Waals surface area (Å²) >= 11 is 5.83. The Hall–Kier alpha value is -1.75. The number of alkyl halides is 3. The first-order valence-electron chi connectivity index (χ1n) is 5.40. The number of halogens is 4. The molecule has 0 saturated carbocycles. The Labute approximate surface area is 112 Å². The Morgan fingerprint density at radius 3 is 2.68 bits per heavy atom. The first-order chi connectivity index (χ1) is 8.93. The quantitative estimate of drug-likeness (QED) is 0.668. The number of benzene rings is 1. The van der Waals surface area contributed by atoms with Gasteiger partial charge in [0.2, 0.25) is 0 Å². The number of hydrogen-bond acceptors (Lipinski definition) is 2. The van der Waals surface area contributed by atoms with Crippen LogP contribution in [0.3, 0.4) is 0 Å². The summed E-state index contributed by atoms with van der Waals surface area (Å²) in [5.74, 6) is 0. The molecule has 1 heterocycles. The fraction of sp³-hybridized carbons (Fsp3) is 0.154. The fourth-order valence-electron chi connectivity index (χ4n) is 1.82. The first-order valence-corrected chi connectivity index (χ1v) is 5.78. The van der Waals surface area contributed by atoms with Crippen molar-refractivity contribution in [2.75, 3.05) is 6.54 Å². The van der Waals surface area contributed by atoms with Crippen LogP contribution < -0.4 is 5.32 Å². The fourth-order valence-corrected chi connectivity index (χ4v) is 2.04. The van der Waals surface area contributed by atoms with Gasteiger partial charge < -0.3 is 5.32 Å². The third-order valence-electron chi connectivity index (χ3n) is 2.71. The molecule has 0 atom stereocenters. The molecule has 100 valence electrons. The molecule has 0 saturated heterocycles. The zero-order valence-corrected chi connectivity index (χ0v) is 10.3. The van der Waals surface area contributed by atoms with Gasteiger partial charge in [-0.1, -0.05) is 29.8 Å². The summed E-state index contributed by atoms with van der Waals surface area (Å²) in [6.45, 7) is 0.363. The summed E-state index contributed by atoms with van der Waals surface area (Å²) in [7, 11) is 0. The van der Waals surface area contributed by atoms with Gasteiger partial charge in [0.25, 0.3) is 0 Å². The van der Waals surface area contributed by atoms with Gasteiger partial charge >= 0.3 is 6.18 Å². The third-order valence-corrected chi connectivity index (χ3v) is 3.05. The maximum atomic E-state index is 12.7. The van der Waals surface area contributed by atoms with E-state index in [9.17, 15) is 18.0 Å². The molecule has 1 aromatic rings. The lowest BCUT2D eigenvalue weighted by atomic mass is 9.95. The van der Waals surface area contributed by atoms with Crippen molar-refractivity contribution in [1.29, 1.82) is 0 Å². The van der Waals surface area contributed by atoms with Crippen LogP contribution in [0.25, 0.3) is 5.57 Å². The highest BCUT2D eigenvalue weighted by Crippen LogP contribution is 2.33. The SMILES string of the molecule is O=CC1=C(Cl)NCC=C1c1cccc(C(F)(F)F)c1. The van der Waals surface area contributed by atoms with E-state index in [0.717, 1.165) is 12.1 Å². The Morgan fingerprint density at radius 1 is 1.32 bits per heavy atom. The van der Waals surface area contributed by atoms with Crippen molar-refractivity contribution in [2.45, 2.75) is 6.18 Å². The van der Waals surface area contributed by atoms with E-state index in [1.54, 1.807) is 6.08 Å². The van der Waals surface area contributed by atoms with Gasteiger partial charge in [0.15, 0.2) is 6.29 Å². The Kier molecular flexibility index (Phi) is 3.66. The maximum absolute atomic E-state index is 12.7. The lowest BCUT2D eigenvalue weighted by Gasteiger charge is -2.17. The highest BCUT2D eigenvalue weighted by molar-refractivity contribution is 6.32. The minimum atomic E-state index is -4.42. The molecule has 1 aliphatic heterocycles. The van der Waals surface area contributed by atoms with Crippen LogP contribution in [0.5, 0.6) is 0 Å². The van der Waals surface area contributed by atoms with Gasteiger partial charge in [-0.2, -0.15) is 13.2 Å². The Balaban J connectivity index is 2.48. The molecule has 19 heavy (non-hydrogen) atoms. The lowest BCUT2D eigenvalue weighted by molar-refractivity contribution is -0.137. The summed E-state index contributed by atoms with van der Waals surface area (Å²) in [4.78, 5) is 11.0. The van der Waals surface area contributed by atoms with Gasteiger partial charge in [-0.15, -0.1) is 0 Å². The molecule has 2 rings (SSSR count). The van der Waals surface area contributed by atoms with Crippen molar-refractivity contribution in [2.24, 2.45) is 0 Å². The lowest BCUT2D eigenvalue weighted by Crippen LogP contribution is -2.18. The number of carbonyl (C=O) groups is 1. The van der Waals surface area contributed by atoms with E-state index in [2.05, 4.69) is 5.32 Å². The Bertz CT molecular complexity index is 575. The Morgan fingerprint density at radius 2 is 2.05 bits per heavy atom. The molecular weight excluding hydrogens is 279 g/mol. The first kappa shape index (κ1) is 13.7. The number of rotatable bonds is 2. The molecule has 0 spiro atoms. The van der Waals surface area contributed by atoms with Crippen LogP contribution in [0.15, 0.2) is 41.1 Å². The zero-order chi connectivity index (χ0) is 14.0. The van der Waals surface area contributed by atoms with Crippen molar-refractivity contribution in [3.8, 4) is 0 Å². The molecule has 0 bridgehead atoms. The highest BCUT2D eigenvalue weighted by atomic mass is 35.5. The second kappa shape index (κ2) is 5.09. The molecule has 6 heteroatoms. The third kappa shape index (κ3) is 2.81. The number of allylic oxidation sites excluding steroid dienone is 2. The number of aldehydes is 1. The van der Waals surface area contributed by atoms with E-state index in [-0.39, 0.29) is 10.7 Å². The number of dihydropyridines is 1. The van der Waals surface area contributed by atoms with Crippen molar-refractivity contribution in [3.63, 3.8) is 0 Å². The molecule has 0 fully saturated rings. The second-order valence-electron chi connectivity index (χ2n) is 3.92. The van der Waals surface area contributed by atoms with Gasteiger partial charge in [-0.3, -0.25) is 4.79 Å². The van der Waals surface area contributed by atoms with Crippen LogP contribution in [-0.4, -0.2) is 12.8 Å². The molecule has 0 radical (unpaired) electrons. The van der Waals surface area contributed by atoms with Gasteiger partial charge in [0.1, 0.15) is 5.16 Å². The molecule has 0 aromatic heterocycles. The van der Waals surface area contributed by atoms with E-state index in [1.807, 2.05) is 0 Å². The van der Waals surface area contributed by atoms with E-state index in [4.69, 9.17) is 11.6 Å². The van der Waals surface area contributed by atoms with Crippen molar-refractivity contribution >= 4 is 23.5 Å². The van der Waals surface area contributed by atoms with Crippen molar-refractivity contribution < 1.29 is 18.0 Å². The van der Waals surface area contributed by atoms with E-state index in [0.29, 0.717) is 24.0 Å². The zero-order valence-electron chi connectivity index (χ0n) is 9.59. The van der Waals surface area contributed by atoms with Crippen LogP contribution >= 0.6 is 11.6 Å². The average molecular weight is 288 g/mol. The van der Waals surface area contributed by atoms with Crippen LogP contribution in [0.4, 0.5) is 13.2 Å². The second-order valence-corrected chi connectivity index (χ2v) is 4.30. The maximum Gasteiger partial charge on any atom is 0.416 e. The molecule has 0 amide bonds. The normalized spacial score (nSPS) is 15.9. The minimum Gasteiger partial charge on any atom is -0.372 e. The van der Waals surface area contributed by atoms with Crippen LogP contribution in [0, 0.1) is 0 Å². The van der Waals surface area contributed by atoms with E-state index in [1.165, 1.54) is 12.1 Å². The smallest absolute Gasteiger partial charge is 0.372 e. The molecule has 0 aliphatic carbocycles. The largest absolute Gasteiger partial charge is 0.416 e. The number of nitrogens with one attached hydrogen (secondary N) is 1. The number of hydrogen-bond donors (Lipinski definition) is 1. The molecule has 0 unspecified atom stereocenters. The van der Waals surface area contributed by atoms with Gasteiger partial charge in [0.05, 0.1) is 11.1 Å². The van der Waals surface area contributed by atoms with Crippen molar-refractivity contribution in [1.82, 2.24) is 5.32 Å². The van der Waals surface area contributed by atoms with Crippen LogP contribution in [0.1, 0.15) is 11.1 Å². The summed E-state index contributed by atoms with van der Waals surface area (Å²) in [6, 6.07) is 4.80. The standard InChI is InChI=1S/C13H9ClF3NO/c14-12-11(7-19)10(4-5-18-12)8-2-1-3-9(6-8)13(15,16)17/h1-4,6-7,18H,5H2. The van der Waals surface area contributed by atoms with Gasteiger partial charge in [-0.05, 0) is 23.3 Å². The van der Waals surface area contributed by atoms with Crippen LogP contribution in [-0.2, 0) is 11.0 Å². The molecule has 1 aromatic carbocycles. The summed E-state index contributed by atoms with van der Waals surface area (Å²) in [5.41, 5.74) is 0.125. The molecule has 1 aliphatic rings. The topological polar surface area (TPSA) is 29.1 Å². The molecular formula is C13H9ClF3NO. The van der Waals surface area contributed by atoms with Gasteiger partial charge in [-0.25, -0.2) is 0 Å². The van der Waals surface area contributed by atoms with Gasteiger partial charge in [0, 0.05) is 6.54 Å². The average Bonchev–Trinajstić information content (AvgIpc) is 2.37. The minimum absolute atomic E-state index is 0.143. The monoisotopic (exact) mass is 287 g/mol. The highest BCUT2D eigenvalue weighted by Gasteiger charge is 2.31. The van der Waals surface area contributed by atoms with Crippen LogP contribution in [0.2, 0.25) is 0 Å².